The van der Waals surface area contributed by atoms with E-state index in [2.05, 4.69) is 44.2 Å². The van der Waals surface area contributed by atoms with Crippen LogP contribution in [-0.4, -0.2) is 0 Å². The van der Waals surface area contributed by atoms with Crippen molar-refractivity contribution < 1.29 is 0 Å². The number of hydrogen-bond acceptors (Lipinski definition) is 1. The van der Waals surface area contributed by atoms with E-state index in [0.717, 1.165) is 22.4 Å². The lowest BCUT2D eigenvalue weighted by atomic mass is 9.49. The third kappa shape index (κ3) is 1.97. The van der Waals surface area contributed by atoms with Gasteiger partial charge in [-0.3, -0.25) is 0 Å². The Kier molecular flexibility index (Phi) is 3.54. The molecule has 2 fully saturated rings. The molecule has 5 unspecified atom stereocenters. The minimum Gasteiger partial charge on any atom is -0.192 e. The molecule has 1 spiro atoms. The summed E-state index contributed by atoms with van der Waals surface area (Å²) in [5.74, 6) is 2.86. The van der Waals surface area contributed by atoms with Gasteiger partial charge in [0.25, 0.3) is 0 Å². The van der Waals surface area contributed by atoms with Crippen LogP contribution in [0.1, 0.15) is 56.2 Å². The molecular formula is C24H24ClN. The molecule has 2 heteroatoms. The van der Waals surface area contributed by atoms with Crippen LogP contribution in [0.15, 0.2) is 36.4 Å². The summed E-state index contributed by atoms with van der Waals surface area (Å²) in [6.07, 6.45) is 5.26. The van der Waals surface area contributed by atoms with Gasteiger partial charge in [-0.15, -0.1) is 0 Å². The molecule has 0 amide bonds. The number of benzene rings is 2. The van der Waals surface area contributed by atoms with Gasteiger partial charge < -0.3 is 0 Å². The SMILES string of the molecule is CC1CC2CC(C)C3(c4cc(C#N)ccc4-c4c(Cl)cccc43)C(C1)C2. The lowest BCUT2D eigenvalue weighted by molar-refractivity contribution is 0.0426. The molecule has 3 aliphatic carbocycles. The molecule has 2 aromatic rings. The van der Waals surface area contributed by atoms with E-state index < -0.39 is 0 Å². The number of halogens is 1. The standard InChI is InChI=1S/C24H24ClN/c1-14-8-17-10-15(2)24(18(9-14)11-17)20-4-3-5-22(25)23(20)19-7-6-16(13-26)12-21(19)24/h3-7,12,14-15,17-18H,8-11H2,1-2H3. The van der Waals surface area contributed by atoms with Crippen molar-refractivity contribution in [3.63, 3.8) is 0 Å². The van der Waals surface area contributed by atoms with Crippen molar-refractivity contribution in [2.45, 2.75) is 44.9 Å². The predicted octanol–water partition coefficient (Wildman–Crippen LogP) is 6.57. The minimum absolute atomic E-state index is 0.0214. The lowest BCUT2D eigenvalue weighted by Crippen LogP contribution is -2.49. The smallest absolute Gasteiger partial charge is 0.0991 e. The van der Waals surface area contributed by atoms with Gasteiger partial charge in [-0.05, 0) is 84.2 Å². The molecule has 2 saturated carbocycles. The van der Waals surface area contributed by atoms with Gasteiger partial charge in [-0.25, -0.2) is 0 Å². The summed E-state index contributed by atoms with van der Waals surface area (Å²) in [6.45, 7) is 4.86. The Labute approximate surface area is 161 Å². The van der Waals surface area contributed by atoms with Gasteiger partial charge >= 0.3 is 0 Å². The van der Waals surface area contributed by atoms with Crippen molar-refractivity contribution in [2.24, 2.45) is 23.7 Å². The first-order valence-corrected chi connectivity index (χ1v) is 10.3. The Morgan fingerprint density at radius 2 is 1.88 bits per heavy atom. The van der Waals surface area contributed by atoms with Crippen LogP contribution in [0.2, 0.25) is 5.02 Å². The van der Waals surface area contributed by atoms with Crippen LogP contribution in [0.5, 0.6) is 0 Å². The van der Waals surface area contributed by atoms with Gasteiger partial charge in [-0.1, -0.05) is 43.6 Å². The quantitative estimate of drug-likeness (QED) is 0.520. The van der Waals surface area contributed by atoms with E-state index >= 15 is 0 Å². The van der Waals surface area contributed by atoms with Crippen LogP contribution >= 0.6 is 11.6 Å². The van der Waals surface area contributed by atoms with Crippen LogP contribution < -0.4 is 0 Å². The van der Waals surface area contributed by atoms with E-state index in [1.165, 1.54) is 47.9 Å². The Balaban J connectivity index is 1.84. The molecule has 0 saturated heterocycles. The summed E-state index contributed by atoms with van der Waals surface area (Å²) >= 11 is 6.72. The normalized spacial score (nSPS) is 34.2. The molecular weight excluding hydrogens is 338 g/mol. The van der Waals surface area contributed by atoms with E-state index in [9.17, 15) is 5.26 Å². The Bertz CT molecular complexity index is 936. The van der Waals surface area contributed by atoms with E-state index in [4.69, 9.17) is 11.6 Å². The van der Waals surface area contributed by atoms with E-state index in [0.29, 0.717) is 11.8 Å². The molecule has 0 heterocycles. The van der Waals surface area contributed by atoms with Gasteiger partial charge in [0, 0.05) is 16.0 Å². The fourth-order valence-electron chi connectivity index (χ4n) is 6.83. The molecule has 26 heavy (non-hydrogen) atoms. The van der Waals surface area contributed by atoms with Gasteiger partial charge in [0.1, 0.15) is 0 Å². The average molecular weight is 362 g/mol. The zero-order valence-electron chi connectivity index (χ0n) is 15.4. The number of rotatable bonds is 0. The average Bonchev–Trinajstić information content (AvgIpc) is 2.91. The molecule has 0 aromatic heterocycles. The summed E-state index contributed by atoms with van der Waals surface area (Å²) in [6, 6.07) is 15.1. The highest BCUT2D eigenvalue weighted by molar-refractivity contribution is 6.33. The monoisotopic (exact) mass is 361 g/mol. The fraction of sp³-hybridized carbons (Fsp3) is 0.458. The van der Waals surface area contributed by atoms with E-state index in [1.807, 2.05) is 12.1 Å². The second kappa shape index (κ2) is 5.61. The third-order valence-electron chi connectivity index (χ3n) is 7.47. The largest absolute Gasteiger partial charge is 0.192 e. The van der Waals surface area contributed by atoms with Crippen LogP contribution in [0.3, 0.4) is 0 Å². The van der Waals surface area contributed by atoms with Crippen molar-refractivity contribution in [1.82, 2.24) is 0 Å². The maximum Gasteiger partial charge on any atom is 0.0991 e. The summed E-state index contributed by atoms with van der Waals surface area (Å²) in [4.78, 5) is 0. The highest BCUT2D eigenvalue weighted by Gasteiger charge is 2.56. The van der Waals surface area contributed by atoms with Crippen molar-refractivity contribution in [3.8, 4) is 17.2 Å². The summed E-state index contributed by atoms with van der Waals surface area (Å²) in [5.41, 5.74) is 6.05. The number of nitrogens with zero attached hydrogens (tertiary/aromatic N) is 1. The summed E-state index contributed by atoms with van der Waals surface area (Å²) in [7, 11) is 0. The maximum absolute atomic E-state index is 9.54. The summed E-state index contributed by atoms with van der Waals surface area (Å²) < 4.78 is 0. The molecule has 132 valence electrons. The maximum atomic E-state index is 9.54. The molecule has 2 bridgehead atoms. The van der Waals surface area contributed by atoms with Gasteiger partial charge in [-0.2, -0.15) is 5.26 Å². The predicted molar refractivity (Wildman–Crippen MR) is 106 cm³/mol. The second-order valence-corrected chi connectivity index (χ2v) is 9.32. The van der Waals surface area contributed by atoms with Crippen molar-refractivity contribution >= 4 is 11.6 Å². The molecule has 0 aliphatic heterocycles. The van der Waals surface area contributed by atoms with Crippen molar-refractivity contribution in [3.05, 3.63) is 58.1 Å². The summed E-state index contributed by atoms with van der Waals surface area (Å²) in [5, 5.41) is 10.4. The van der Waals surface area contributed by atoms with Crippen molar-refractivity contribution in [1.29, 1.82) is 5.26 Å². The van der Waals surface area contributed by atoms with E-state index in [1.54, 1.807) is 0 Å². The lowest BCUT2D eigenvalue weighted by Gasteiger charge is -2.54. The first-order chi connectivity index (χ1) is 12.6. The molecule has 5 rings (SSSR count). The molecule has 0 radical (unpaired) electrons. The van der Waals surface area contributed by atoms with Gasteiger partial charge in [0.15, 0.2) is 0 Å². The number of hydrogen-bond donors (Lipinski definition) is 0. The molecule has 0 N–H and O–H groups in total. The molecule has 3 aliphatic rings. The zero-order valence-corrected chi connectivity index (χ0v) is 16.2. The highest BCUT2D eigenvalue weighted by atomic mass is 35.5. The molecule has 5 atom stereocenters. The fourth-order valence-corrected chi connectivity index (χ4v) is 7.11. The van der Waals surface area contributed by atoms with Crippen LogP contribution in [0.25, 0.3) is 11.1 Å². The Morgan fingerprint density at radius 3 is 2.69 bits per heavy atom. The minimum atomic E-state index is 0.0214. The van der Waals surface area contributed by atoms with Crippen molar-refractivity contribution in [2.75, 3.05) is 0 Å². The third-order valence-corrected chi connectivity index (χ3v) is 7.79. The van der Waals surface area contributed by atoms with Crippen LogP contribution in [0, 0.1) is 35.0 Å². The van der Waals surface area contributed by atoms with E-state index in [-0.39, 0.29) is 5.41 Å². The topological polar surface area (TPSA) is 23.8 Å². The van der Waals surface area contributed by atoms with Crippen LogP contribution in [-0.2, 0) is 5.41 Å². The van der Waals surface area contributed by atoms with Crippen LogP contribution in [0.4, 0.5) is 0 Å². The first-order valence-electron chi connectivity index (χ1n) is 9.89. The Hall–Kier alpha value is -1.78. The zero-order chi connectivity index (χ0) is 18.1. The molecule has 1 nitrogen and oxygen atoms in total. The number of nitriles is 1. The first kappa shape index (κ1) is 16.4. The molecule has 2 aromatic carbocycles. The van der Waals surface area contributed by atoms with Gasteiger partial charge in [0.05, 0.1) is 11.6 Å². The number of fused-ring (bicyclic) bond motifs is 8. The second-order valence-electron chi connectivity index (χ2n) is 8.92. The Morgan fingerprint density at radius 1 is 1.04 bits per heavy atom. The van der Waals surface area contributed by atoms with Gasteiger partial charge in [0.2, 0.25) is 0 Å². The highest BCUT2D eigenvalue weighted by Crippen LogP contribution is 2.65.